The van der Waals surface area contributed by atoms with Gasteiger partial charge in [-0.15, -0.1) is 0 Å². The molecule has 2 aromatic heterocycles. The summed E-state index contributed by atoms with van der Waals surface area (Å²) in [5.41, 5.74) is 1.44. The molecule has 0 radical (unpaired) electrons. The van der Waals surface area contributed by atoms with Crippen molar-refractivity contribution in [2.75, 3.05) is 45.3 Å². The highest BCUT2D eigenvalue weighted by atomic mass is 19.1. The van der Waals surface area contributed by atoms with Crippen molar-refractivity contribution in [2.45, 2.75) is 19.6 Å². The molecule has 1 aromatic carbocycles. The number of nitrogens with one attached hydrogen (secondary N) is 3. The van der Waals surface area contributed by atoms with Gasteiger partial charge < -0.3 is 29.8 Å². The molecular formula is C25H28FN7O4. The summed E-state index contributed by atoms with van der Waals surface area (Å²) in [7, 11) is 1.61. The zero-order valence-corrected chi connectivity index (χ0v) is 20.6. The number of nitrogens with zero attached hydrogens (tertiary/aromatic N) is 4. The molecule has 1 fully saturated rings. The third-order valence-corrected chi connectivity index (χ3v) is 5.74. The fourth-order valence-corrected chi connectivity index (χ4v) is 3.70. The van der Waals surface area contributed by atoms with Crippen LogP contribution in [0.15, 0.2) is 36.5 Å². The molecule has 4 rings (SSSR count). The van der Waals surface area contributed by atoms with Gasteiger partial charge in [0.2, 0.25) is 18.1 Å². The lowest BCUT2D eigenvalue weighted by Crippen LogP contribution is -2.48. The van der Waals surface area contributed by atoms with Gasteiger partial charge >= 0.3 is 0 Å². The number of halogens is 1. The summed E-state index contributed by atoms with van der Waals surface area (Å²) in [5, 5.41) is 14.5. The number of aromatic nitrogens is 4. The minimum atomic E-state index is -0.906. The summed E-state index contributed by atoms with van der Waals surface area (Å²) >= 11 is 0. The number of H-pyrrole nitrogens is 1. The number of aromatic amines is 1. The van der Waals surface area contributed by atoms with Crippen LogP contribution < -0.4 is 10.6 Å². The van der Waals surface area contributed by atoms with Crippen LogP contribution in [0.2, 0.25) is 0 Å². The SMILES string of the molecule is COCCNc1nccc(-c2[nH]c(C3OCC(C)(C(=O)NCCC#N)CO3)nc2-c2ccc(F)cc2)n1. The number of carbonyl (C=O) groups is 1. The van der Waals surface area contributed by atoms with Crippen LogP contribution in [0.4, 0.5) is 10.3 Å². The topological polar surface area (TPSA) is 147 Å². The molecule has 3 heterocycles. The highest BCUT2D eigenvalue weighted by Gasteiger charge is 2.40. The first-order chi connectivity index (χ1) is 17.9. The van der Waals surface area contributed by atoms with E-state index in [2.05, 4.69) is 25.6 Å². The average Bonchev–Trinajstić information content (AvgIpc) is 3.35. The molecule has 3 N–H and O–H groups in total. The Hall–Kier alpha value is -3.92. The fraction of sp³-hybridized carbons (Fsp3) is 0.400. The number of carbonyl (C=O) groups excluding carboxylic acids is 1. The van der Waals surface area contributed by atoms with Gasteiger partial charge in [0.25, 0.3) is 0 Å². The molecule has 0 atom stereocenters. The van der Waals surface area contributed by atoms with Crippen molar-refractivity contribution >= 4 is 11.9 Å². The first-order valence-electron chi connectivity index (χ1n) is 11.7. The Morgan fingerprint density at radius 1 is 1.24 bits per heavy atom. The zero-order chi connectivity index (χ0) is 26.3. The third-order valence-electron chi connectivity index (χ3n) is 5.74. The molecule has 3 aromatic rings. The number of nitriles is 1. The average molecular weight is 510 g/mol. The minimum Gasteiger partial charge on any atom is -0.383 e. The van der Waals surface area contributed by atoms with Crippen LogP contribution >= 0.6 is 0 Å². The standard InChI is InChI=1S/C25H28FN7O4/c1-25(23(34)28-10-3-9-27)14-36-22(37-15-25)21-32-19(16-4-6-17(26)7-5-16)20(33-21)18-8-11-29-24(31-18)30-12-13-35-2/h4-8,11,22H,3,10,12-15H2,1-2H3,(H,28,34)(H,32,33)(H,29,30,31). The van der Waals surface area contributed by atoms with Crippen LogP contribution in [-0.4, -0.2) is 65.9 Å². The van der Waals surface area contributed by atoms with E-state index in [0.717, 1.165) is 0 Å². The quantitative estimate of drug-likeness (QED) is 0.351. The molecule has 1 amide bonds. The van der Waals surface area contributed by atoms with E-state index >= 15 is 0 Å². The van der Waals surface area contributed by atoms with E-state index < -0.39 is 11.7 Å². The van der Waals surface area contributed by atoms with Gasteiger partial charge in [0, 0.05) is 32.0 Å². The van der Waals surface area contributed by atoms with Crippen molar-refractivity contribution < 1.29 is 23.4 Å². The lowest BCUT2D eigenvalue weighted by Gasteiger charge is -2.35. The zero-order valence-electron chi connectivity index (χ0n) is 20.6. The maximum absolute atomic E-state index is 13.6. The first kappa shape index (κ1) is 26.2. The van der Waals surface area contributed by atoms with Crippen molar-refractivity contribution in [3.05, 3.63) is 48.2 Å². The van der Waals surface area contributed by atoms with E-state index in [0.29, 0.717) is 47.6 Å². The normalized spacial score (nSPS) is 19.2. The molecule has 0 aliphatic carbocycles. The number of anilines is 1. The molecule has 0 bridgehead atoms. The van der Waals surface area contributed by atoms with E-state index in [1.807, 2.05) is 6.07 Å². The van der Waals surface area contributed by atoms with Gasteiger partial charge in [-0.1, -0.05) is 0 Å². The molecular weight excluding hydrogens is 481 g/mol. The Kier molecular flexibility index (Phi) is 8.39. The van der Waals surface area contributed by atoms with Crippen molar-refractivity contribution in [3.63, 3.8) is 0 Å². The molecule has 0 unspecified atom stereocenters. The van der Waals surface area contributed by atoms with E-state index in [1.54, 1.807) is 38.4 Å². The van der Waals surface area contributed by atoms with Gasteiger partial charge in [-0.3, -0.25) is 4.79 Å². The number of hydrogen-bond donors (Lipinski definition) is 3. The highest BCUT2D eigenvalue weighted by Crippen LogP contribution is 2.35. The van der Waals surface area contributed by atoms with Gasteiger partial charge in [0.05, 0.1) is 54.8 Å². The monoisotopic (exact) mass is 509 g/mol. The molecule has 0 spiro atoms. The molecule has 11 nitrogen and oxygen atoms in total. The molecule has 1 aliphatic rings. The maximum Gasteiger partial charge on any atom is 0.230 e. The lowest BCUT2D eigenvalue weighted by molar-refractivity contribution is -0.231. The van der Waals surface area contributed by atoms with Crippen LogP contribution in [0.25, 0.3) is 22.6 Å². The first-order valence-corrected chi connectivity index (χ1v) is 11.7. The Morgan fingerprint density at radius 3 is 2.70 bits per heavy atom. The summed E-state index contributed by atoms with van der Waals surface area (Å²) in [6.45, 7) is 3.22. The second kappa shape index (κ2) is 11.9. The molecule has 0 saturated carbocycles. The number of benzene rings is 1. The number of imidazole rings is 1. The van der Waals surface area contributed by atoms with Crippen LogP contribution in [0.3, 0.4) is 0 Å². The fourth-order valence-electron chi connectivity index (χ4n) is 3.70. The Balaban J connectivity index is 1.59. The summed E-state index contributed by atoms with van der Waals surface area (Å²) < 4.78 is 30.5. The third kappa shape index (κ3) is 6.26. The predicted octanol–water partition coefficient (Wildman–Crippen LogP) is 2.81. The van der Waals surface area contributed by atoms with Gasteiger partial charge in [-0.05, 0) is 37.3 Å². The number of rotatable bonds is 10. The number of hydrogen-bond acceptors (Lipinski definition) is 9. The molecule has 12 heteroatoms. The molecule has 1 aliphatic heterocycles. The lowest BCUT2D eigenvalue weighted by atomic mass is 9.91. The summed E-state index contributed by atoms with van der Waals surface area (Å²) in [5.74, 6) is 0.190. The number of methoxy groups -OCH3 is 1. The van der Waals surface area contributed by atoms with Gasteiger partial charge in [-0.25, -0.2) is 19.3 Å². The van der Waals surface area contributed by atoms with Crippen LogP contribution in [-0.2, 0) is 19.0 Å². The van der Waals surface area contributed by atoms with Crippen LogP contribution in [0.1, 0.15) is 25.5 Å². The van der Waals surface area contributed by atoms with E-state index in [4.69, 9.17) is 24.5 Å². The largest absolute Gasteiger partial charge is 0.383 e. The maximum atomic E-state index is 13.6. The highest BCUT2D eigenvalue weighted by molar-refractivity contribution is 5.82. The summed E-state index contributed by atoms with van der Waals surface area (Å²) in [6, 6.07) is 9.69. The van der Waals surface area contributed by atoms with Crippen molar-refractivity contribution in [3.8, 4) is 28.7 Å². The Bertz CT molecular complexity index is 1250. The van der Waals surface area contributed by atoms with Crippen molar-refractivity contribution in [2.24, 2.45) is 5.41 Å². The number of ether oxygens (including phenoxy) is 3. The van der Waals surface area contributed by atoms with E-state index in [9.17, 15) is 9.18 Å². The second-order valence-corrected chi connectivity index (χ2v) is 8.72. The predicted molar refractivity (Wildman–Crippen MR) is 131 cm³/mol. The second-order valence-electron chi connectivity index (χ2n) is 8.72. The smallest absolute Gasteiger partial charge is 0.230 e. The summed E-state index contributed by atoms with van der Waals surface area (Å²) in [6.07, 6.45) is 0.991. The van der Waals surface area contributed by atoms with Crippen LogP contribution in [0.5, 0.6) is 0 Å². The Labute approximate surface area is 213 Å². The summed E-state index contributed by atoms with van der Waals surface area (Å²) in [4.78, 5) is 29.3. The Morgan fingerprint density at radius 2 is 2.00 bits per heavy atom. The van der Waals surface area contributed by atoms with E-state index in [1.165, 1.54) is 12.1 Å². The molecule has 194 valence electrons. The van der Waals surface area contributed by atoms with E-state index in [-0.39, 0.29) is 37.9 Å². The van der Waals surface area contributed by atoms with Gasteiger partial charge in [0.15, 0.2) is 5.82 Å². The number of amides is 1. The van der Waals surface area contributed by atoms with Gasteiger partial charge in [-0.2, -0.15) is 5.26 Å². The van der Waals surface area contributed by atoms with Crippen molar-refractivity contribution in [1.82, 2.24) is 25.3 Å². The molecule has 1 saturated heterocycles. The van der Waals surface area contributed by atoms with Crippen molar-refractivity contribution in [1.29, 1.82) is 5.26 Å². The minimum absolute atomic E-state index is 0.0963. The molecule has 37 heavy (non-hydrogen) atoms. The van der Waals surface area contributed by atoms with Crippen LogP contribution in [0, 0.1) is 22.6 Å². The van der Waals surface area contributed by atoms with Gasteiger partial charge in [0.1, 0.15) is 5.82 Å².